The van der Waals surface area contributed by atoms with E-state index in [9.17, 15) is 9.90 Å². The zero-order valence-electron chi connectivity index (χ0n) is 10.8. The molecule has 0 aromatic carbocycles. The second kappa shape index (κ2) is 6.36. The van der Waals surface area contributed by atoms with Crippen molar-refractivity contribution < 1.29 is 9.90 Å². The van der Waals surface area contributed by atoms with E-state index in [0.29, 0.717) is 17.4 Å². The summed E-state index contributed by atoms with van der Waals surface area (Å²) in [5.74, 6) is -0.107. The molecule has 1 heterocycles. The van der Waals surface area contributed by atoms with Gasteiger partial charge in [0, 0.05) is 24.0 Å². The minimum Gasteiger partial charge on any atom is -0.389 e. The van der Waals surface area contributed by atoms with Crippen LogP contribution in [0, 0.1) is 0 Å². The molecule has 0 unspecified atom stereocenters. The van der Waals surface area contributed by atoms with Gasteiger partial charge in [-0.15, -0.1) is 11.3 Å². The van der Waals surface area contributed by atoms with E-state index in [2.05, 4.69) is 0 Å². The first-order chi connectivity index (χ1) is 8.31. The number of hydrogen-bond donors (Lipinski definition) is 1. The molecule has 0 radical (unpaired) electrons. The second-order valence-electron chi connectivity index (χ2n) is 4.64. The number of carbonyl (C=O) groups is 1. The Hall–Kier alpha value is -0.840. The van der Waals surface area contributed by atoms with Crippen molar-refractivity contribution in [1.29, 1.82) is 0 Å². The standard InChI is InChI=1S/C13H18ClNO2S/c1-4-15(9-13(2,3)17)12(16)8-6-10-5-7-11(14)18-10/h5-8,17H,4,9H2,1-3H3. The Labute approximate surface area is 117 Å². The Morgan fingerprint density at radius 2 is 2.22 bits per heavy atom. The fourth-order valence-corrected chi connectivity index (χ4v) is 2.45. The van der Waals surface area contributed by atoms with Gasteiger partial charge in [-0.1, -0.05) is 11.6 Å². The van der Waals surface area contributed by atoms with Crippen LogP contribution in [0.5, 0.6) is 0 Å². The fraction of sp³-hybridized carbons (Fsp3) is 0.462. The molecule has 0 saturated heterocycles. The first kappa shape index (κ1) is 15.2. The van der Waals surface area contributed by atoms with E-state index >= 15 is 0 Å². The Morgan fingerprint density at radius 3 is 2.67 bits per heavy atom. The lowest BCUT2D eigenvalue weighted by molar-refractivity contribution is -0.128. The van der Waals surface area contributed by atoms with Crippen LogP contribution in [0.1, 0.15) is 25.6 Å². The summed E-state index contributed by atoms with van der Waals surface area (Å²) in [4.78, 5) is 14.5. The molecule has 0 aliphatic carbocycles. The van der Waals surface area contributed by atoms with Crippen LogP contribution in [0.15, 0.2) is 18.2 Å². The Morgan fingerprint density at radius 1 is 1.56 bits per heavy atom. The summed E-state index contributed by atoms with van der Waals surface area (Å²) >= 11 is 7.23. The normalized spacial score (nSPS) is 12.1. The predicted molar refractivity (Wildman–Crippen MR) is 76.9 cm³/mol. The quantitative estimate of drug-likeness (QED) is 0.846. The molecule has 18 heavy (non-hydrogen) atoms. The van der Waals surface area contributed by atoms with E-state index in [4.69, 9.17) is 11.6 Å². The number of likely N-dealkylation sites (N-methyl/N-ethyl adjacent to an activating group) is 1. The molecule has 0 saturated carbocycles. The average molecular weight is 288 g/mol. The molecule has 1 aromatic rings. The summed E-state index contributed by atoms with van der Waals surface area (Å²) < 4.78 is 0.700. The molecular formula is C13H18ClNO2S. The summed E-state index contributed by atoms with van der Waals surface area (Å²) in [6.07, 6.45) is 3.25. The molecule has 1 rings (SSSR count). The van der Waals surface area contributed by atoms with Crippen molar-refractivity contribution >= 4 is 34.9 Å². The number of rotatable bonds is 5. The van der Waals surface area contributed by atoms with Crippen molar-refractivity contribution in [3.63, 3.8) is 0 Å². The van der Waals surface area contributed by atoms with Crippen LogP contribution in [-0.2, 0) is 4.79 Å². The van der Waals surface area contributed by atoms with Gasteiger partial charge in [-0.05, 0) is 39.0 Å². The third-order valence-electron chi connectivity index (χ3n) is 2.26. The topological polar surface area (TPSA) is 40.5 Å². The molecule has 0 bridgehead atoms. The van der Waals surface area contributed by atoms with Crippen LogP contribution in [0.25, 0.3) is 6.08 Å². The molecule has 0 aliphatic rings. The summed E-state index contributed by atoms with van der Waals surface area (Å²) in [5, 5.41) is 9.72. The first-order valence-electron chi connectivity index (χ1n) is 5.76. The van der Waals surface area contributed by atoms with Gasteiger partial charge in [-0.2, -0.15) is 0 Å². The van der Waals surface area contributed by atoms with Gasteiger partial charge < -0.3 is 10.0 Å². The zero-order valence-corrected chi connectivity index (χ0v) is 12.4. The van der Waals surface area contributed by atoms with E-state index in [1.54, 1.807) is 30.9 Å². The first-order valence-corrected chi connectivity index (χ1v) is 6.96. The van der Waals surface area contributed by atoms with Crippen LogP contribution in [0.4, 0.5) is 0 Å². The van der Waals surface area contributed by atoms with Gasteiger partial charge in [-0.25, -0.2) is 0 Å². The highest BCUT2D eigenvalue weighted by Crippen LogP contribution is 2.22. The van der Waals surface area contributed by atoms with Gasteiger partial charge >= 0.3 is 0 Å². The highest BCUT2D eigenvalue weighted by molar-refractivity contribution is 7.17. The van der Waals surface area contributed by atoms with Crippen molar-refractivity contribution in [1.82, 2.24) is 4.90 Å². The lowest BCUT2D eigenvalue weighted by atomic mass is 10.1. The van der Waals surface area contributed by atoms with Crippen LogP contribution >= 0.6 is 22.9 Å². The van der Waals surface area contributed by atoms with Crippen molar-refractivity contribution in [2.75, 3.05) is 13.1 Å². The number of aliphatic hydroxyl groups is 1. The number of thiophene rings is 1. The van der Waals surface area contributed by atoms with E-state index in [1.165, 1.54) is 17.4 Å². The predicted octanol–water partition coefficient (Wildman–Crippen LogP) is 3.03. The van der Waals surface area contributed by atoms with E-state index in [1.807, 2.05) is 13.0 Å². The number of halogens is 1. The molecule has 5 heteroatoms. The zero-order chi connectivity index (χ0) is 13.8. The number of hydrogen-bond acceptors (Lipinski definition) is 3. The molecular weight excluding hydrogens is 270 g/mol. The molecule has 1 amide bonds. The molecule has 0 aliphatic heterocycles. The Kier molecular flexibility index (Phi) is 5.38. The van der Waals surface area contributed by atoms with Crippen molar-refractivity contribution in [3.8, 4) is 0 Å². The number of carbonyl (C=O) groups excluding carboxylic acids is 1. The minimum absolute atomic E-state index is 0.107. The van der Waals surface area contributed by atoms with E-state index in [-0.39, 0.29) is 5.91 Å². The van der Waals surface area contributed by atoms with Crippen molar-refractivity contribution in [2.45, 2.75) is 26.4 Å². The maximum absolute atomic E-state index is 11.9. The largest absolute Gasteiger partial charge is 0.389 e. The van der Waals surface area contributed by atoms with Gasteiger partial charge in [0.2, 0.25) is 5.91 Å². The van der Waals surface area contributed by atoms with E-state index < -0.39 is 5.60 Å². The molecule has 3 nitrogen and oxygen atoms in total. The monoisotopic (exact) mass is 287 g/mol. The number of nitrogens with zero attached hydrogens (tertiary/aromatic N) is 1. The van der Waals surface area contributed by atoms with Crippen LogP contribution < -0.4 is 0 Å². The summed E-state index contributed by atoms with van der Waals surface area (Å²) in [6, 6.07) is 3.66. The highest BCUT2D eigenvalue weighted by atomic mass is 35.5. The lowest BCUT2D eigenvalue weighted by Crippen LogP contribution is -2.41. The minimum atomic E-state index is -0.883. The molecule has 1 N–H and O–H groups in total. The maximum atomic E-state index is 11.9. The fourth-order valence-electron chi connectivity index (χ4n) is 1.49. The van der Waals surface area contributed by atoms with Crippen LogP contribution in [0.2, 0.25) is 4.34 Å². The third-order valence-corrected chi connectivity index (χ3v) is 3.45. The second-order valence-corrected chi connectivity index (χ2v) is 6.39. The number of amides is 1. The molecule has 1 aromatic heterocycles. The van der Waals surface area contributed by atoms with Crippen LogP contribution in [-0.4, -0.2) is 34.6 Å². The molecule has 0 fully saturated rings. The lowest BCUT2D eigenvalue weighted by Gasteiger charge is -2.27. The van der Waals surface area contributed by atoms with Gasteiger partial charge in [0.1, 0.15) is 0 Å². The molecule has 0 spiro atoms. The maximum Gasteiger partial charge on any atom is 0.246 e. The van der Waals surface area contributed by atoms with Gasteiger partial charge in [-0.3, -0.25) is 4.79 Å². The van der Waals surface area contributed by atoms with Gasteiger partial charge in [0.15, 0.2) is 0 Å². The smallest absolute Gasteiger partial charge is 0.246 e. The Bertz CT molecular complexity index is 434. The SMILES string of the molecule is CCN(CC(C)(C)O)C(=O)C=Cc1ccc(Cl)s1. The third kappa shape index (κ3) is 5.21. The van der Waals surface area contributed by atoms with E-state index in [0.717, 1.165) is 4.88 Å². The summed E-state index contributed by atoms with van der Waals surface area (Å²) in [7, 11) is 0. The molecule has 100 valence electrons. The van der Waals surface area contributed by atoms with Crippen molar-refractivity contribution in [3.05, 3.63) is 27.4 Å². The molecule has 0 atom stereocenters. The van der Waals surface area contributed by atoms with Crippen LogP contribution in [0.3, 0.4) is 0 Å². The van der Waals surface area contributed by atoms with Crippen molar-refractivity contribution in [2.24, 2.45) is 0 Å². The summed E-state index contributed by atoms with van der Waals surface area (Å²) in [5.41, 5.74) is -0.883. The van der Waals surface area contributed by atoms with Gasteiger partial charge in [0.25, 0.3) is 0 Å². The van der Waals surface area contributed by atoms with Gasteiger partial charge in [0.05, 0.1) is 9.94 Å². The summed E-state index contributed by atoms with van der Waals surface area (Å²) in [6.45, 7) is 6.15. The Balaban J connectivity index is 2.65. The highest BCUT2D eigenvalue weighted by Gasteiger charge is 2.19. The average Bonchev–Trinajstić information content (AvgIpc) is 2.67.